The smallest absolute Gasteiger partial charge is 0.186 e. The van der Waals surface area contributed by atoms with Crippen LogP contribution in [-0.4, -0.2) is 14.9 Å². The van der Waals surface area contributed by atoms with Crippen molar-refractivity contribution in [1.82, 2.24) is 0 Å². The van der Waals surface area contributed by atoms with Crippen molar-refractivity contribution in [3.05, 3.63) is 0 Å². The number of unbranched alkanes of at least 4 members (excludes halogenated alkanes) is 11. The average Bonchev–Trinajstić information content (AvgIpc) is 2.40. The molecule has 0 aromatic heterocycles. The molecule has 0 radical (unpaired) electrons. The predicted octanol–water partition coefficient (Wildman–Crippen LogP) is 6.93. The van der Waals surface area contributed by atoms with Gasteiger partial charge in [0.05, 0.1) is 0 Å². The molecule has 0 aromatic rings. The lowest BCUT2D eigenvalue weighted by atomic mass is 10.1. The molecule has 0 saturated carbocycles. The van der Waals surface area contributed by atoms with E-state index in [0.717, 1.165) is 6.61 Å². The van der Waals surface area contributed by atoms with Crippen LogP contribution in [0.5, 0.6) is 0 Å². The van der Waals surface area contributed by atoms with Gasteiger partial charge >= 0.3 is 0 Å². The second-order valence-corrected chi connectivity index (χ2v) is 11.1. The van der Waals surface area contributed by atoms with Crippen LogP contribution in [0.2, 0.25) is 19.1 Å². The Morgan fingerprint density at radius 3 is 1.40 bits per heavy atom. The lowest BCUT2D eigenvalue weighted by molar-refractivity contribution is 0.327. The largest absolute Gasteiger partial charge is 0.418 e. The first-order chi connectivity index (χ1) is 9.62. The molecular weight excluding hydrogens is 260 g/mol. The molecule has 122 valence electrons. The summed E-state index contributed by atoms with van der Waals surface area (Å²) in [7, 11) is -1.30. The fourth-order valence-electron chi connectivity index (χ4n) is 2.85. The van der Waals surface area contributed by atoms with Crippen molar-refractivity contribution in [2.45, 2.75) is 110 Å². The van der Waals surface area contributed by atoms with E-state index in [1.165, 1.54) is 83.1 Å². The zero-order valence-corrected chi connectivity index (χ0v) is 15.8. The molecule has 0 heterocycles. The number of hydrogen-bond acceptors (Lipinski definition) is 1. The van der Waals surface area contributed by atoms with Crippen LogP contribution in [0.4, 0.5) is 0 Å². The van der Waals surface area contributed by atoms with E-state index >= 15 is 0 Å². The normalized spacial score (nSPS) is 12.0. The summed E-state index contributed by atoms with van der Waals surface area (Å²) in [5.74, 6) is 0. The minimum absolute atomic E-state index is 0.900. The molecule has 0 fully saturated rings. The Hall–Kier alpha value is 0.177. The molecular formula is C18H40OSi. The van der Waals surface area contributed by atoms with E-state index in [4.69, 9.17) is 4.43 Å². The predicted molar refractivity (Wildman–Crippen MR) is 95.0 cm³/mol. The molecule has 0 N–H and O–H groups in total. The Kier molecular flexibility index (Phi) is 14.3. The topological polar surface area (TPSA) is 9.23 Å². The Morgan fingerprint density at radius 2 is 1.00 bits per heavy atom. The summed E-state index contributed by atoms with van der Waals surface area (Å²) in [4.78, 5) is 0. The van der Waals surface area contributed by atoms with Crippen molar-refractivity contribution in [2.75, 3.05) is 6.61 Å². The van der Waals surface area contributed by atoms with Crippen LogP contribution in [-0.2, 0) is 4.43 Å². The quantitative estimate of drug-likeness (QED) is 0.235. The molecule has 0 bridgehead atoms. The van der Waals surface area contributed by atoms with Gasteiger partial charge in [-0.2, -0.15) is 0 Å². The monoisotopic (exact) mass is 300 g/mol. The highest BCUT2D eigenvalue weighted by Crippen LogP contribution is 2.17. The number of rotatable bonds is 15. The third kappa shape index (κ3) is 14.6. The van der Waals surface area contributed by atoms with Crippen molar-refractivity contribution < 1.29 is 4.43 Å². The third-order valence-corrected chi connectivity index (χ3v) is 6.80. The summed E-state index contributed by atoms with van der Waals surface area (Å²) in [5.41, 5.74) is 0. The van der Waals surface area contributed by atoms with Gasteiger partial charge in [0, 0.05) is 6.61 Å². The van der Waals surface area contributed by atoms with Crippen molar-refractivity contribution in [2.24, 2.45) is 0 Å². The van der Waals surface area contributed by atoms with Crippen molar-refractivity contribution >= 4 is 8.32 Å². The molecule has 0 atom stereocenters. The van der Waals surface area contributed by atoms with Gasteiger partial charge < -0.3 is 4.43 Å². The summed E-state index contributed by atoms with van der Waals surface area (Å²) >= 11 is 0. The van der Waals surface area contributed by atoms with Crippen LogP contribution in [0.1, 0.15) is 90.9 Å². The zero-order valence-electron chi connectivity index (χ0n) is 14.8. The van der Waals surface area contributed by atoms with Crippen molar-refractivity contribution in [3.8, 4) is 0 Å². The van der Waals surface area contributed by atoms with E-state index in [-0.39, 0.29) is 0 Å². The molecule has 0 aromatic carbocycles. The van der Waals surface area contributed by atoms with Crippen LogP contribution in [0.3, 0.4) is 0 Å². The Labute approximate surface area is 130 Å². The molecule has 0 unspecified atom stereocenters. The van der Waals surface area contributed by atoms with Gasteiger partial charge in [0.15, 0.2) is 8.32 Å². The van der Waals surface area contributed by atoms with Gasteiger partial charge in [0.25, 0.3) is 0 Å². The van der Waals surface area contributed by atoms with E-state index in [2.05, 4.69) is 26.9 Å². The van der Waals surface area contributed by atoms with Gasteiger partial charge in [-0.1, -0.05) is 84.0 Å². The molecule has 0 aliphatic rings. The minimum atomic E-state index is -1.30. The molecule has 20 heavy (non-hydrogen) atoms. The lowest BCUT2D eigenvalue weighted by Gasteiger charge is -2.21. The Balaban J connectivity index is 3.13. The third-order valence-electron chi connectivity index (χ3n) is 4.17. The molecule has 0 saturated heterocycles. The highest BCUT2D eigenvalue weighted by molar-refractivity contribution is 6.71. The van der Waals surface area contributed by atoms with Crippen molar-refractivity contribution in [3.63, 3.8) is 0 Å². The van der Waals surface area contributed by atoms with Crippen LogP contribution >= 0.6 is 0 Å². The van der Waals surface area contributed by atoms with E-state index in [0.29, 0.717) is 0 Å². The summed E-state index contributed by atoms with van der Waals surface area (Å²) in [6.45, 7) is 10.0. The Bertz CT molecular complexity index is 192. The second-order valence-electron chi connectivity index (χ2n) is 6.83. The summed E-state index contributed by atoms with van der Waals surface area (Å²) < 4.78 is 5.87. The van der Waals surface area contributed by atoms with Crippen LogP contribution in [0, 0.1) is 0 Å². The molecule has 0 spiro atoms. The summed E-state index contributed by atoms with van der Waals surface area (Å²) in [6, 6.07) is 1.35. The second kappa shape index (κ2) is 14.1. The Morgan fingerprint density at radius 1 is 0.600 bits per heavy atom. The fraction of sp³-hybridized carbons (Fsp3) is 1.00. The molecule has 0 amide bonds. The maximum atomic E-state index is 5.87. The maximum absolute atomic E-state index is 5.87. The van der Waals surface area contributed by atoms with Gasteiger partial charge in [0.2, 0.25) is 0 Å². The van der Waals surface area contributed by atoms with E-state index in [9.17, 15) is 0 Å². The fourth-order valence-corrected chi connectivity index (χ4v) is 4.88. The minimum Gasteiger partial charge on any atom is -0.418 e. The van der Waals surface area contributed by atoms with Crippen molar-refractivity contribution in [1.29, 1.82) is 0 Å². The highest BCUT2D eigenvalue weighted by atomic mass is 28.4. The van der Waals surface area contributed by atoms with Gasteiger partial charge in [-0.15, -0.1) is 0 Å². The van der Waals surface area contributed by atoms with Gasteiger partial charge in [-0.25, -0.2) is 0 Å². The highest BCUT2D eigenvalue weighted by Gasteiger charge is 2.20. The van der Waals surface area contributed by atoms with E-state index in [1.54, 1.807) is 0 Å². The van der Waals surface area contributed by atoms with Gasteiger partial charge in [0.1, 0.15) is 0 Å². The first kappa shape index (κ1) is 20.2. The van der Waals surface area contributed by atoms with E-state index < -0.39 is 8.32 Å². The standard InChI is InChI=1S/C18H40OSi/c1-5-7-8-9-10-11-12-13-14-15-16-17-18-20(3,4)19-6-2/h5-18H2,1-4H3. The van der Waals surface area contributed by atoms with Gasteiger partial charge in [-0.05, 0) is 26.1 Å². The molecule has 0 aliphatic carbocycles. The maximum Gasteiger partial charge on any atom is 0.186 e. The first-order valence-corrected chi connectivity index (χ1v) is 12.4. The van der Waals surface area contributed by atoms with Crippen LogP contribution in [0.15, 0.2) is 0 Å². The first-order valence-electron chi connectivity index (χ1n) is 9.26. The van der Waals surface area contributed by atoms with E-state index in [1.807, 2.05) is 0 Å². The SMILES string of the molecule is CCCCCCCCCCCCCC[Si](C)(C)OCC. The zero-order chi connectivity index (χ0) is 15.1. The van der Waals surface area contributed by atoms with Gasteiger partial charge in [-0.3, -0.25) is 0 Å². The average molecular weight is 301 g/mol. The van der Waals surface area contributed by atoms with Crippen LogP contribution in [0.25, 0.3) is 0 Å². The lowest BCUT2D eigenvalue weighted by Crippen LogP contribution is -2.29. The molecule has 0 aliphatic heterocycles. The molecule has 1 nitrogen and oxygen atoms in total. The van der Waals surface area contributed by atoms with Crippen LogP contribution < -0.4 is 0 Å². The summed E-state index contributed by atoms with van der Waals surface area (Å²) in [5, 5.41) is 0. The number of hydrogen-bond donors (Lipinski definition) is 0. The molecule has 0 rings (SSSR count). The summed E-state index contributed by atoms with van der Waals surface area (Å²) in [6.07, 6.45) is 17.3. The molecule has 2 heteroatoms.